The molecule has 0 saturated carbocycles. The molecule has 0 aromatic carbocycles. The van der Waals surface area contributed by atoms with Crippen LogP contribution in [-0.2, 0) is 10.0 Å². The lowest BCUT2D eigenvalue weighted by Crippen LogP contribution is -2.26. The van der Waals surface area contributed by atoms with Gasteiger partial charge in [0.05, 0.1) is 4.91 Å². The Kier molecular flexibility index (Phi) is 8.82. The highest BCUT2D eigenvalue weighted by Crippen LogP contribution is 2.18. The second-order valence-corrected chi connectivity index (χ2v) is 7.76. The predicted octanol–water partition coefficient (Wildman–Crippen LogP) is 4.17. The summed E-state index contributed by atoms with van der Waals surface area (Å²) in [7, 11) is -3.54. The number of hydrogen-bond donors (Lipinski definition) is 1. The normalized spacial score (nSPS) is 14.0. The van der Waals surface area contributed by atoms with E-state index in [4.69, 9.17) is 16.1 Å². The van der Waals surface area contributed by atoms with Crippen molar-refractivity contribution in [3.05, 3.63) is 52.5 Å². The summed E-state index contributed by atoms with van der Waals surface area (Å²) in [4.78, 5) is 4.31. The highest BCUT2D eigenvalue weighted by atomic mass is 35.5. The fourth-order valence-electron chi connectivity index (χ4n) is 1.96. The summed E-state index contributed by atoms with van der Waals surface area (Å²) in [5.74, 6) is 0.532. The van der Waals surface area contributed by atoms with E-state index in [9.17, 15) is 8.42 Å². The second kappa shape index (κ2) is 10.3. The van der Waals surface area contributed by atoms with Gasteiger partial charge in [-0.25, -0.2) is 13.1 Å². The minimum absolute atomic E-state index is 0.210. The third kappa shape index (κ3) is 7.37. The van der Waals surface area contributed by atoms with Gasteiger partial charge < -0.3 is 4.52 Å². The van der Waals surface area contributed by atoms with Crippen LogP contribution in [0.5, 0.6) is 0 Å². The molecule has 1 rings (SSSR count). The number of allylic oxidation sites excluding steroid dienone is 6. The zero-order chi connectivity index (χ0) is 18.9. The molecule has 25 heavy (non-hydrogen) atoms. The van der Waals surface area contributed by atoms with Gasteiger partial charge in [-0.1, -0.05) is 54.1 Å². The first-order valence-electron chi connectivity index (χ1n) is 7.91. The molecular formula is C17H24ClN3O3S. The molecule has 0 aliphatic rings. The molecule has 138 valence electrons. The molecule has 0 bridgehead atoms. The van der Waals surface area contributed by atoms with E-state index in [1.807, 2.05) is 26.0 Å². The van der Waals surface area contributed by atoms with E-state index in [2.05, 4.69) is 21.4 Å². The molecule has 1 heterocycles. The van der Waals surface area contributed by atoms with Gasteiger partial charge in [0.25, 0.3) is 0 Å². The van der Waals surface area contributed by atoms with Crippen molar-refractivity contribution in [1.29, 1.82) is 0 Å². The van der Waals surface area contributed by atoms with E-state index in [1.54, 1.807) is 13.0 Å². The Hall–Kier alpha value is -1.70. The quantitative estimate of drug-likeness (QED) is 0.611. The molecular weight excluding hydrogens is 362 g/mol. The maximum atomic E-state index is 12.3. The highest BCUT2D eigenvalue weighted by Gasteiger charge is 2.16. The van der Waals surface area contributed by atoms with Crippen LogP contribution in [-0.4, -0.2) is 25.1 Å². The molecule has 0 unspecified atom stereocenters. The Morgan fingerprint density at radius 1 is 1.40 bits per heavy atom. The lowest BCUT2D eigenvalue weighted by atomic mass is 10.1. The minimum atomic E-state index is -3.54. The Labute approximate surface area is 154 Å². The topological polar surface area (TPSA) is 85.1 Å². The fourth-order valence-corrected chi connectivity index (χ4v) is 3.34. The second-order valence-electron chi connectivity index (χ2n) is 5.41. The van der Waals surface area contributed by atoms with E-state index in [0.717, 1.165) is 17.6 Å². The first-order chi connectivity index (χ1) is 11.8. The molecule has 0 saturated heterocycles. The summed E-state index contributed by atoms with van der Waals surface area (Å²) in [6.07, 6.45) is 8.04. The summed E-state index contributed by atoms with van der Waals surface area (Å²) < 4.78 is 32.0. The lowest BCUT2D eigenvalue weighted by Gasteiger charge is -2.10. The molecule has 1 aromatic rings. The molecule has 0 radical (unpaired) electrons. The van der Waals surface area contributed by atoms with E-state index < -0.39 is 10.0 Å². The highest BCUT2D eigenvalue weighted by molar-refractivity contribution is 7.93. The van der Waals surface area contributed by atoms with Crippen LogP contribution >= 0.6 is 11.6 Å². The smallest absolute Gasteiger partial charge is 0.236 e. The number of rotatable bonds is 10. The standard InChI is InChI=1S/C17H24ClN3O3S/c1-5-15(17-19-12-24-21-17)9-7-13(3)11-20-25(22,23)16(6-2)10-8-14(4)18/h6-7,9,12,20H,4-5,8,10-11H2,1-3H3. The van der Waals surface area contributed by atoms with Crippen molar-refractivity contribution in [2.24, 2.45) is 0 Å². The first-order valence-corrected chi connectivity index (χ1v) is 9.77. The van der Waals surface area contributed by atoms with Gasteiger partial charge in [-0.15, -0.1) is 0 Å². The Morgan fingerprint density at radius 2 is 2.12 bits per heavy atom. The molecule has 1 aromatic heterocycles. The zero-order valence-corrected chi connectivity index (χ0v) is 16.3. The van der Waals surface area contributed by atoms with Gasteiger partial charge in [-0.2, -0.15) is 4.98 Å². The van der Waals surface area contributed by atoms with Crippen LogP contribution in [0.2, 0.25) is 0 Å². The van der Waals surface area contributed by atoms with Gasteiger partial charge in [0.2, 0.25) is 16.4 Å². The van der Waals surface area contributed by atoms with Crippen LogP contribution < -0.4 is 4.72 Å². The Balaban J connectivity index is 2.73. The van der Waals surface area contributed by atoms with E-state index in [1.165, 1.54) is 6.39 Å². The number of aromatic nitrogens is 2. The molecule has 0 fully saturated rings. The van der Waals surface area contributed by atoms with Crippen molar-refractivity contribution < 1.29 is 12.9 Å². The molecule has 6 nitrogen and oxygen atoms in total. The van der Waals surface area contributed by atoms with E-state index in [-0.39, 0.29) is 6.54 Å². The first kappa shape index (κ1) is 21.3. The SMILES string of the molecule is C=C(Cl)CCC(=CC)S(=O)(=O)NCC(C)=CC=C(CC)c1ncon1. The molecule has 0 amide bonds. The third-order valence-corrected chi connectivity index (χ3v) is 5.29. The van der Waals surface area contributed by atoms with Crippen LogP contribution in [0, 0.1) is 0 Å². The fraction of sp³-hybridized carbons (Fsp3) is 0.412. The largest absolute Gasteiger partial charge is 0.342 e. The van der Waals surface area contributed by atoms with Crippen molar-refractivity contribution in [1.82, 2.24) is 14.9 Å². The summed E-state index contributed by atoms with van der Waals surface area (Å²) in [5, 5.41) is 4.23. The molecule has 0 aliphatic heterocycles. The number of hydrogen-bond acceptors (Lipinski definition) is 5. The van der Waals surface area contributed by atoms with Gasteiger partial charge in [-0.05, 0) is 33.1 Å². The summed E-state index contributed by atoms with van der Waals surface area (Å²) in [5.41, 5.74) is 1.76. The van der Waals surface area contributed by atoms with Crippen molar-refractivity contribution in [3.63, 3.8) is 0 Å². The van der Waals surface area contributed by atoms with Gasteiger partial charge in [0.15, 0.2) is 5.82 Å². The van der Waals surface area contributed by atoms with Crippen molar-refractivity contribution in [3.8, 4) is 0 Å². The van der Waals surface area contributed by atoms with E-state index >= 15 is 0 Å². The maximum absolute atomic E-state index is 12.3. The minimum Gasteiger partial charge on any atom is -0.342 e. The van der Waals surface area contributed by atoms with Crippen molar-refractivity contribution >= 4 is 27.2 Å². The van der Waals surface area contributed by atoms with Gasteiger partial charge in [0, 0.05) is 17.2 Å². The molecule has 0 aliphatic carbocycles. The monoisotopic (exact) mass is 385 g/mol. The zero-order valence-electron chi connectivity index (χ0n) is 14.8. The van der Waals surface area contributed by atoms with Crippen LogP contribution in [0.3, 0.4) is 0 Å². The Morgan fingerprint density at radius 3 is 2.64 bits per heavy atom. The predicted molar refractivity (Wildman–Crippen MR) is 101 cm³/mol. The van der Waals surface area contributed by atoms with Crippen molar-refractivity contribution in [2.75, 3.05) is 6.54 Å². The Bertz CT molecular complexity index is 763. The third-order valence-electron chi connectivity index (χ3n) is 3.45. The summed E-state index contributed by atoms with van der Waals surface area (Å²) in [6.45, 7) is 9.31. The number of nitrogens with zero attached hydrogens (tertiary/aromatic N) is 2. The number of halogens is 1. The average molecular weight is 386 g/mol. The number of sulfonamides is 1. The maximum Gasteiger partial charge on any atom is 0.236 e. The molecule has 0 spiro atoms. The lowest BCUT2D eigenvalue weighted by molar-refractivity contribution is 0.415. The van der Waals surface area contributed by atoms with Gasteiger partial charge in [-0.3, -0.25) is 0 Å². The van der Waals surface area contributed by atoms with Gasteiger partial charge in [0.1, 0.15) is 0 Å². The van der Waals surface area contributed by atoms with Crippen LogP contribution in [0.15, 0.2) is 51.2 Å². The summed E-state index contributed by atoms with van der Waals surface area (Å²) >= 11 is 5.71. The number of nitrogens with one attached hydrogen (secondary N) is 1. The van der Waals surface area contributed by atoms with Crippen LogP contribution in [0.4, 0.5) is 0 Å². The average Bonchev–Trinajstić information content (AvgIpc) is 3.08. The molecule has 8 heteroatoms. The van der Waals surface area contributed by atoms with Gasteiger partial charge >= 0.3 is 0 Å². The van der Waals surface area contributed by atoms with Crippen LogP contribution in [0.1, 0.15) is 45.9 Å². The van der Waals surface area contributed by atoms with Crippen molar-refractivity contribution in [2.45, 2.75) is 40.0 Å². The summed E-state index contributed by atoms with van der Waals surface area (Å²) in [6, 6.07) is 0. The van der Waals surface area contributed by atoms with E-state index in [0.29, 0.717) is 28.6 Å². The molecule has 1 N–H and O–H groups in total. The molecule has 0 atom stereocenters. The van der Waals surface area contributed by atoms with Crippen LogP contribution in [0.25, 0.3) is 5.57 Å².